The first-order valence-corrected chi connectivity index (χ1v) is 16.5. The van der Waals surface area contributed by atoms with Crippen LogP contribution in [0.3, 0.4) is 0 Å². The quantitative estimate of drug-likeness (QED) is 0.199. The van der Waals surface area contributed by atoms with E-state index in [2.05, 4.69) is 11.4 Å². The van der Waals surface area contributed by atoms with Crippen molar-refractivity contribution in [1.82, 2.24) is 25.0 Å². The van der Waals surface area contributed by atoms with E-state index in [0.717, 1.165) is 50.1 Å². The number of hydrogen-bond donors (Lipinski definition) is 1. The zero-order valence-electron chi connectivity index (χ0n) is 26.4. The van der Waals surface area contributed by atoms with E-state index in [0.29, 0.717) is 55.5 Å². The Morgan fingerprint density at radius 2 is 1.96 bits per heavy atom. The largest absolute Gasteiger partial charge is 0.490 e. The van der Waals surface area contributed by atoms with Crippen LogP contribution in [0.5, 0.6) is 5.75 Å². The highest BCUT2D eigenvalue weighted by atomic mass is 32.1. The maximum Gasteiger partial charge on any atom is 0.251 e. The zero-order chi connectivity index (χ0) is 32.7. The van der Waals surface area contributed by atoms with Gasteiger partial charge in [-0.25, -0.2) is 9.37 Å². The molecule has 5 heterocycles. The molecule has 0 bridgehead atoms. The minimum atomic E-state index is -0.391. The van der Waals surface area contributed by atoms with Crippen LogP contribution in [-0.4, -0.2) is 64.4 Å². The van der Waals surface area contributed by atoms with Crippen LogP contribution in [0, 0.1) is 5.82 Å². The third-order valence-electron chi connectivity index (χ3n) is 8.36. The van der Waals surface area contributed by atoms with E-state index in [-0.39, 0.29) is 17.9 Å². The number of ether oxygens (including phenoxy) is 2. The average molecular weight is 652 g/mol. The van der Waals surface area contributed by atoms with Gasteiger partial charge in [0.05, 0.1) is 37.2 Å². The van der Waals surface area contributed by atoms with Gasteiger partial charge in [0.1, 0.15) is 23.0 Å². The van der Waals surface area contributed by atoms with Gasteiger partial charge in [-0.3, -0.25) is 14.3 Å². The number of thiophene rings is 1. The van der Waals surface area contributed by atoms with E-state index in [1.54, 1.807) is 41.6 Å². The summed E-state index contributed by atoms with van der Waals surface area (Å²) in [6.45, 7) is 6.24. The van der Waals surface area contributed by atoms with Crippen LogP contribution in [0.2, 0.25) is 0 Å². The van der Waals surface area contributed by atoms with Crippen LogP contribution in [0.4, 0.5) is 4.39 Å². The number of nitrogens with one attached hydrogen (secondary N) is 1. The fourth-order valence-electron chi connectivity index (χ4n) is 6.23. The lowest BCUT2D eigenvalue weighted by Crippen LogP contribution is -2.37. The highest BCUT2D eigenvalue weighted by molar-refractivity contribution is 7.18. The topological polar surface area (TPSA) is 98.6 Å². The van der Waals surface area contributed by atoms with Gasteiger partial charge in [-0.05, 0) is 67.6 Å². The van der Waals surface area contributed by atoms with Crippen molar-refractivity contribution in [3.8, 4) is 39.5 Å². The van der Waals surface area contributed by atoms with Gasteiger partial charge >= 0.3 is 0 Å². The molecule has 5 aromatic rings. The van der Waals surface area contributed by atoms with Crippen molar-refractivity contribution in [2.24, 2.45) is 0 Å². The van der Waals surface area contributed by atoms with Crippen LogP contribution >= 0.6 is 11.3 Å². The first-order valence-electron chi connectivity index (χ1n) is 15.6. The fourth-order valence-corrected chi connectivity index (χ4v) is 7.19. The normalized spacial score (nSPS) is 14.5. The molecule has 0 aliphatic carbocycles. The van der Waals surface area contributed by atoms with Gasteiger partial charge in [0.25, 0.3) is 5.91 Å². The van der Waals surface area contributed by atoms with Crippen LogP contribution in [0.25, 0.3) is 43.9 Å². The number of hydrogen-bond acceptors (Lipinski definition) is 7. The fraction of sp³-hybridized carbons (Fsp3) is 0.278. The SMILES string of the molecule is COC/C=C/C(=O)N1CCn2nc(-c3nc(-c4ccc5c(c4)CCNC5=O)c4ccsc4c3-c3ccc(F)cc3OC(C)C)cc2C1. The number of fused-ring (bicyclic) bond motifs is 3. The summed E-state index contributed by atoms with van der Waals surface area (Å²) in [5.74, 6) is -0.117. The summed E-state index contributed by atoms with van der Waals surface area (Å²) >= 11 is 1.58. The summed E-state index contributed by atoms with van der Waals surface area (Å²) in [4.78, 5) is 32.5. The molecule has 240 valence electrons. The first-order chi connectivity index (χ1) is 22.8. The molecule has 0 saturated heterocycles. The van der Waals surface area contributed by atoms with Crippen molar-refractivity contribution in [3.05, 3.63) is 88.7 Å². The average Bonchev–Trinajstić information content (AvgIpc) is 3.72. The van der Waals surface area contributed by atoms with Crippen molar-refractivity contribution in [3.63, 3.8) is 0 Å². The predicted octanol–water partition coefficient (Wildman–Crippen LogP) is 6.25. The molecular weight excluding hydrogens is 617 g/mol. The van der Waals surface area contributed by atoms with Crippen molar-refractivity contribution >= 4 is 33.2 Å². The Balaban J connectivity index is 1.41. The summed E-state index contributed by atoms with van der Waals surface area (Å²) in [6.07, 6.45) is 3.81. The summed E-state index contributed by atoms with van der Waals surface area (Å²) in [7, 11) is 1.59. The van der Waals surface area contributed by atoms with E-state index >= 15 is 0 Å². The van der Waals surface area contributed by atoms with Gasteiger partial charge < -0.3 is 19.7 Å². The van der Waals surface area contributed by atoms with Crippen LogP contribution < -0.4 is 10.1 Å². The molecule has 9 nitrogen and oxygen atoms in total. The van der Waals surface area contributed by atoms with Crippen molar-refractivity contribution in [2.75, 3.05) is 26.8 Å². The van der Waals surface area contributed by atoms with Crippen molar-refractivity contribution in [1.29, 1.82) is 0 Å². The summed E-state index contributed by atoms with van der Waals surface area (Å²) in [6, 6.07) is 14.5. The third kappa shape index (κ3) is 5.92. The molecule has 0 unspecified atom stereocenters. The van der Waals surface area contributed by atoms with Gasteiger partial charge in [-0.1, -0.05) is 12.1 Å². The number of carbonyl (C=O) groups excluding carboxylic acids is 2. The van der Waals surface area contributed by atoms with Crippen molar-refractivity contribution in [2.45, 2.75) is 39.5 Å². The molecule has 0 saturated carbocycles. The lowest BCUT2D eigenvalue weighted by Gasteiger charge is -2.26. The van der Waals surface area contributed by atoms with Crippen molar-refractivity contribution < 1.29 is 23.5 Å². The molecule has 1 N–H and O–H groups in total. The number of aromatic nitrogens is 3. The third-order valence-corrected chi connectivity index (χ3v) is 9.29. The maximum absolute atomic E-state index is 14.6. The molecular formula is C36H34FN5O4S. The number of nitrogens with zero attached hydrogens (tertiary/aromatic N) is 4. The van der Waals surface area contributed by atoms with Crippen LogP contribution in [0.15, 0.2) is 66.1 Å². The highest BCUT2D eigenvalue weighted by Gasteiger charge is 2.27. The monoisotopic (exact) mass is 651 g/mol. The van der Waals surface area contributed by atoms with Gasteiger partial charge in [0, 0.05) is 64.7 Å². The molecule has 0 spiro atoms. The highest BCUT2D eigenvalue weighted by Crippen LogP contribution is 2.46. The lowest BCUT2D eigenvalue weighted by molar-refractivity contribution is -0.127. The Kier molecular flexibility index (Phi) is 8.33. The number of pyridine rings is 1. The van der Waals surface area contributed by atoms with E-state index in [9.17, 15) is 14.0 Å². The zero-order valence-corrected chi connectivity index (χ0v) is 27.2. The lowest BCUT2D eigenvalue weighted by atomic mass is 9.94. The van der Waals surface area contributed by atoms with Crippen LogP contribution in [-0.2, 0) is 29.0 Å². The van der Waals surface area contributed by atoms with Gasteiger partial charge in [0.2, 0.25) is 5.91 Å². The minimum absolute atomic E-state index is 0.0678. The Labute approximate surface area is 275 Å². The maximum atomic E-state index is 14.6. The van der Waals surface area contributed by atoms with E-state index in [1.807, 2.05) is 48.2 Å². The Bertz CT molecular complexity index is 2050. The molecule has 3 aromatic heterocycles. The second kappa shape index (κ2) is 12.7. The molecule has 0 radical (unpaired) electrons. The standard InChI is InChI=1S/C36H34FN5O4S/c1-21(2)46-30-18-24(37)7-9-27(30)32-34(29-19-25-20-41(13-14-42(25)40-29)31(43)5-4-15-45-3)39-33(28-11-16-47-35(28)32)23-6-8-26-22(17-23)10-12-38-36(26)44/h4-9,11,16-19,21H,10,12-15,20H2,1-3H3,(H,38,44)/b5-4+. The summed E-state index contributed by atoms with van der Waals surface area (Å²) in [5.41, 5.74) is 7.01. The second-order valence-electron chi connectivity index (χ2n) is 11.9. The number of halogens is 1. The number of methoxy groups -OCH3 is 1. The Hall–Kier alpha value is -4.87. The predicted molar refractivity (Wildman–Crippen MR) is 180 cm³/mol. The van der Waals surface area contributed by atoms with E-state index in [1.165, 1.54) is 12.1 Å². The molecule has 47 heavy (non-hydrogen) atoms. The minimum Gasteiger partial charge on any atom is -0.490 e. The molecule has 2 aliphatic heterocycles. The first kappa shape index (κ1) is 30.8. The van der Waals surface area contributed by atoms with E-state index in [4.69, 9.17) is 19.6 Å². The molecule has 7 rings (SSSR count). The molecule has 2 aliphatic rings. The molecule has 2 amide bonds. The smallest absolute Gasteiger partial charge is 0.251 e. The van der Waals surface area contributed by atoms with E-state index < -0.39 is 5.82 Å². The Morgan fingerprint density at radius 1 is 1.11 bits per heavy atom. The number of amides is 2. The molecule has 11 heteroatoms. The second-order valence-corrected chi connectivity index (χ2v) is 12.8. The summed E-state index contributed by atoms with van der Waals surface area (Å²) in [5, 5.41) is 10.9. The molecule has 0 atom stereocenters. The van der Waals surface area contributed by atoms with Gasteiger partial charge in [-0.15, -0.1) is 11.3 Å². The number of rotatable bonds is 8. The van der Waals surface area contributed by atoms with Gasteiger partial charge in [0.15, 0.2) is 0 Å². The number of carbonyl (C=O) groups is 2. The molecule has 2 aromatic carbocycles. The summed E-state index contributed by atoms with van der Waals surface area (Å²) < 4.78 is 28.7. The number of benzene rings is 2. The Morgan fingerprint density at radius 3 is 2.79 bits per heavy atom. The van der Waals surface area contributed by atoms with Gasteiger partial charge in [-0.2, -0.15) is 5.10 Å². The van der Waals surface area contributed by atoms with Crippen LogP contribution in [0.1, 0.15) is 35.5 Å². The molecule has 0 fully saturated rings.